The molecule has 0 saturated carbocycles. The van der Waals surface area contributed by atoms with Gasteiger partial charge in [-0.25, -0.2) is 9.59 Å². The number of esters is 1. The van der Waals surface area contributed by atoms with E-state index in [9.17, 15) is 9.59 Å². The van der Waals surface area contributed by atoms with Gasteiger partial charge in [-0.2, -0.15) is 4.99 Å². The van der Waals surface area contributed by atoms with Crippen LogP contribution in [0, 0.1) is 6.92 Å². The van der Waals surface area contributed by atoms with Gasteiger partial charge in [0.05, 0.1) is 17.9 Å². The molecule has 1 aromatic carbocycles. The molecule has 0 fully saturated rings. The molecule has 78 valence electrons. The zero-order chi connectivity index (χ0) is 11.3. The fraction of sp³-hybridized carbons (Fsp3) is 0.273. The number of hydrogen-bond acceptors (Lipinski definition) is 4. The molecule has 0 aromatic heterocycles. The zero-order valence-corrected chi connectivity index (χ0v) is 8.61. The highest BCUT2D eigenvalue weighted by Crippen LogP contribution is 2.19. The third-order valence-electron chi connectivity index (χ3n) is 1.89. The molecule has 0 heterocycles. The van der Waals surface area contributed by atoms with Crippen LogP contribution in [0.15, 0.2) is 23.2 Å². The Balaban J connectivity index is 3.07. The van der Waals surface area contributed by atoms with Gasteiger partial charge in [-0.3, -0.25) is 0 Å². The standard InChI is InChI=1S/C11H11NO3/c1-3-15-11(14)9-5-4-8(2)10(6-9)12-7-13/h4-6H,3H2,1-2H3. The summed E-state index contributed by atoms with van der Waals surface area (Å²) in [4.78, 5) is 25.0. The molecule has 4 heteroatoms. The molecule has 0 atom stereocenters. The SMILES string of the molecule is CCOC(=O)c1ccc(C)c(N=C=O)c1. The predicted molar refractivity (Wildman–Crippen MR) is 54.9 cm³/mol. The number of aliphatic imine (C=N–C) groups is 1. The molecule has 0 amide bonds. The molecule has 0 aliphatic rings. The first-order valence-corrected chi connectivity index (χ1v) is 4.54. The monoisotopic (exact) mass is 205 g/mol. The Morgan fingerprint density at radius 1 is 1.53 bits per heavy atom. The minimum Gasteiger partial charge on any atom is -0.462 e. The predicted octanol–water partition coefficient (Wildman–Crippen LogP) is 2.14. The lowest BCUT2D eigenvalue weighted by Crippen LogP contribution is -2.04. The minimum absolute atomic E-state index is 0.318. The van der Waals surface area contributed by atoms with Crippen LogP contribution in [0.1, 0.15) is 22.8 Å². The number of isocyanates is 1. The number of carbonyl (C=O) groups excluding carboxylic acids is 2. The van der Waals surface area contributed by atoms with Gasteiger partial charge in [0, 0.05) is 0 Å². The van der Waals surface area contributed by atoms with Crippen molar-refractivity contribution in [2.24, 2.45) is 4.99 Å². The fourth-order valence-corrected chi connectivity index (χ4v) is 1.12. The summed E-state index contributed by atoms with van der Waals surface area (Å²) < 4.78 is 4.82. The number of ether oxygens (including phenoxy) is 1. The lowest BCUT2D eigenvalue weighted by atomic mass is 10.1. The second-order valence-electron chi connectivity index (χ2n) is 2.92. The minimum atomic E-state index is -0.417. The molecule has 0 aliphatic heterocycles. The lowest BCUT2D eigenvalue weighted by Gasteiger charge is -2.03. The summed E-state index contributed by atoms with van der Waals surface area (Å²) in [5.41, 5.74) is 1.64. The number of carbonyl (C=O) groups is 1. The number of aryl methyl sites for hydroxylation is 1. The van der Waals surface area contributed by atoms with Crippen molar-refractivity contribution >= 4 is 17.7 Å². The Kier molecular flexibility index (Phi) is 3.77. The normalized spacial score (nSPS) is 9.20. The Morgan fingerprint density at radius 3 is 2.87 bits per heavy atom. The molecule has 0 aliphatic carbocycles. The summed E-state index contributed by atoms with van der Waals surface area (Å²) in [7, 11) is 0. The Morgan fingerprint density at radius 2 is 2.27 bits per heavy atom. The van der Waals surface area contributed by atoms with Crippen LogP contribution in [0.2, 0.25) is 0 Å². The number of nitrogens with zero attached hydrogens (tertiary/aromatic N) is 1. The van der Waals surface area contributed by atoms with Crippen molar-refractivity contribution < 1.29 is 14.3 Å². The first kappa shape index (κ1) is 11.1. The van der Waals surface area contributed by atoms with Crippen LogP contribution in [0.25, 0.3) is 0 Å². The second-order valence-corrected chi connectivity index (χ2v) is 2.92. The van der Waals surface area contributed by atoms with Crippen molar-refractivity contribution in [3.05, 3.63) is 29.3 Å². The smallest absolute Gasteiger partial charge is 0.338 e. The summed E-state index contributed by atoms with van der Waals surface area (Å²) in [6.07, 6.45) is 1.45. The van der Waals surface area contributed by atoms with Crippen LogP contribution in [-0.2, 0) is 9.53 Å². The van der Waals surface area contributed by atoms with Crippen LogP contribution >= 0.6 is 0 Å². The van der Waals surface area contributed by atoms with Crippen LogP contribution in [-0.4, -0.2) is 18.7 Å². The molecule has 0 unspecified atom stereocenters. The Hall–Kier alpha value is -1.93. The summed E-state index contributed by atoms with van der Waals surface area (Å²) >= 11 is 0. The van der Waals surface area contributed by atoms with E-state index in [4.69, 9.17) is 4.74 Å². The van der Waals surface area contributed by atoms with Gasteiger partial charge in [-0.15, -0.1) is 0 Å². The molecule has 0 N–H and O–H groups in total. The first-order valence-electron chi connectivity index (χ1n) is 4.54. The molecule has 1 rings (SSSR count). The van der Waals surface area contributed by atoms with Crippen LogP contribution in [0.3, 0.4) is 0 Å². The van der Waals surface area contributed by atoms with E-state index in [0.29, 0.717) is 17.9 Å². The van der Waals surface area contributed by atoms with Crippen molar-refractivity contribution in [1.29, 1.82) is 0 Å². The highest BCUT2D eigenvalue weighted by Gasteiger charge is 2.08. The van der Waals surface area contributed by atoms with Crippen LogP contribution in [0.5, 0.6) is 0 Å². The van der Waals surface area contributed by atoms with Crippen LogP contribution < -0.4 is 0 Å². The molecule has 0 spiro atoms. The number of benzene rings is 1. The molecule has 1 aromatic rings. The molecule has 0 saturated heterocycles. The van der Waals surface area contributed by atoms with Gasteiger partial charge in [0.2, 0.25) is 6.08 Å². The quantitative estimate of drug-likeness (QED) is 0.431. The number of hydrogen-bond donors (Lipinski definition) is 0. The Labute approximate surface area is 87.6 Å². The highest BCUT2D eigenvalue weighted by molar-refractivity contribution is 5.90. The molecular formula is C11H11NO3. The average molecular weight is 205 g/mol. The Bertz CT molecular complexity index is 420. The van der Waals surface area contributed by atoms with E-state index in [1.165, 1.54) is 12.1 Å². The molecule has 0 radical (unpaired) electrons. The van der Waals surface area contributed by atoms with Crippen molar-refractivity contribution in [1.82, 2.24) is 0 Å². The van der Waals surface area contributed by atoms with Crippen molar-refractivity contribution in [2.75, 3.05) is 6.61 Å². The van der Waals surface area contributed by atoms with Crippen molar-refractivity contribution in [2.45, 2.75) is 13.8 Å². The lowest BCUT2D eigenvalue weighted by molar-refractivity contribution is 0.0526. The maximum atomic E-state index is 11.4. The zero-order valence-electron chi connectivity index (χ0n) is 8.61. The largest absolute Gasteiger partial charge is 0.462 e. The number of rotatable bonds is 3. The topological polar surface area (TPSA) is 55.7 Å². The van der Waals surface area contributed by atoms with Gasteiger partial charge in [0.15, 0.2) is 0 Å². The van der Waals surface area contributed by atoms with E-state index in [2.05, 4.69) is 4.99 Å². The maximum Gasteiger partial charge on any atom is 0.338 e. The van der Waals surface area contributed by atoms with Crippen molar-refractivity contribution in [3.8, 4) is 0 Å². The van der Waals surface area contributed by atoms with Gasteiger partial charge in [0.1, 0.15) is 0 Å². The second kappa shape index (κ2) is 5.08. The fourth-order valence-electron chi connectivity index (χ4n) is 1.12. The maximum absolute atomic E-state index is 11.4. The third kappa shape index (κ3) is 2.76. The molecule has 4 nitrogen and oxygen atoms in total. The van der Waals surface area contributed by atoms with Gasteiger partial charge in [0.25, 0.3) is 0 Å². The summed E-state index contributed by atoms with van der Waals surface area (Å²) in [6, 6.07) is 4.86. The van der Waals surface area contributed by atoms with E-state index in [-0.39, 0.29) is 0 Å². The highest BCUT2D eigenvalue weighted by atomic mass is 16.5. The van der Waals surface area contributed by atoms with E-state index >= 15 is 0 Å². The molecule has 0 bridgehead atoms. The van der Waals surface area contributed by atoms with Crippen molar-refractivity contribution in [3.63, 3.8) is 0 Å². The van der Waals surface area contributed by atoms with E-state index < -0.39 is 5.97 Å². The average Bonchev–Trinajstić information content (AvgIpc) is 2.22. The third-order valence-corrected chi connectivity index (χ3v) is 1.89. The first-order chi connectivity index (χ1) is 7.19. The van der Waals surface area contributed by atoms with Gasteiger partial charge < -0.3 is 4.74 Å². The summed E-state index contributed by atoms with van der Waals surface area (Å²) in [5, 5.41) is 0. The van der Waals surface area contributed by atoms with Gasteiger partial charge >= 0.3 is 5.97 Å². The van der Waals surface area contributed by atoms with E-state index in [1.807, 2.05) is 0 Å². The van der Waals surface area contributed by atoms with Gasteiger partial charge in [-0.05, 0) is 31.5 Å². The van der Waals surface area contributed by atoms with E-state index in [0.717, 1.165) is 5.56 Å². The molecule has 15 heavy (non-hydrogen) atoms. The van der Waals surface area contributed by atoms with Crippen LogP contribution in [0.4, 0.5) is 5.69 Å². The summed E-state index contributed by atoms with van der Waals surface area (Å²) in [6.45, 7) is 3.85. The summed E-state index contributed by atoms with van der Waals surface area (Å²) in [5.74, 6) is -0.417. The van der Waals surface area contributed by atoms with E-state index in [1.54, 1.807) is 26.0 Å². The molecular weight excluding hydrogens is 194 g/mol. The van der Waals surface area contributed by atoms with Gasteiger partial charge in [-0.1, -0.05) is 6.07 Å².